The molecule has 0 atom stereocenters. The average molecular weight is 368 g/mol. The Kier molecular flexibility index (Phi) is 5.19. The largest absolute Gasteiger partial charge is 0.465 e. The molecule has 0 spiro atoms. The first-order chi connectivity index (χ1) is 12.5. The number of anilines is 2. The molecule has 132 valence electrons. The van der Waals surface area contributed by atoms with E-state index in [-0.39, 0.29) is 10.8 Å². The van der Waals surface area contributed by atoms with Crippen molar-refractivity contribution in [1.82, 2.24) is 0 Å². The second-order valence-corrected chi connectivity index (χ2v) is 7.02. The summed E-state index contributed by atoms with van der Waals surface area (Å²) in [4.78, 5) is 12.0. The summed E-state index contributed by atoms with van der Waals surface area (Å²) in [6, 6.07) is 18.0. The van der Waals surface area contributed by atoms with Gasteiger partial charge < -0.3 is 9.73 Å². The maximum Gasteiger partial charge on any atom is 0.261 e. The smallest absolute Gasteiger partial charge is 0.261 e. The summed E-state index contributed by atoms with van der Waals surface area (Å²) >= 11 is 0. The summed E-state index contributed by atoms with van der Waals surface area (Å²) in [5.74, 6) is 0.216. The van der Waals surface area contributed by atoms with Gasteiger partial charge in [0.05, 0.1) is 11.2 Å². The molecular formula is C19H16N2O4S. The van der Waals surface area contributed by atoms with Crippen molar-refractivity contribution in [1.29, 1.82) is 0 Å². The molecule has 1 aromatic heterocycles. The first-order valence-electron chi connectivity index (χ1n) is 7.73. The zero-order chi connectivity index (χ0) is 18.4. The predicted molar refractivity (Wildman–Crippen MR) is 100 cm³/mol. The van der Waals surface area contributed by atoms with Gasteiger partial charge in [-0.2, -0.15) is 0 Å². The van der Waals surface area contributed by atoms with Gasteiger partial charge in [0, 0.05) is 17.5 Å². The van der Waals surface area contributed by atoms with Crippen LogP contribution in [0, 0.1) is 0 Å². The van der Waals surface area contributed by atoms with Crippen LogP contribution in [0.1, 0.15) is 5.76 Å². The highest BCUT2D eigenvalue weighted by Crippen LogP contribution is 2.18. The van der Waals surface area contributed by atoms with E-state index in [0.717, 1.165) is 0 Å². The molecule has 2 aromatic carbocycles. The van der Waals surface area contributed by atoms with E-state index < -0.39 is 10.0 Å². The van der Waals surface area contributed by atoms with Crippen LogP contribution in [0.15, 0.2) is 88.4 Å². The van der Waals surface area contributed by atoms with Crippen LogP contribution in [0.2, 0.25) is 0 Å². The number of carbonyl (C=O) groups excluding carboxylic acids is 1. The van der Waals surface area contributed by atoms with E-state index in [9.17, 15) is 13.2 Å². The molecule has 0 fully saturated rings. The van der Waals surface area contributed by atoms with Crippen molar-refractivity contribution in [3.05, 3.63) is 84.8 Å². The second kappa shape index (κ2) is 7.71. The van der Waals surface area contributed by atoms with Crippen LogP contribution in [-0.2, 0) is 14.8 Å². The third-order valence-electron chi connectivity index (χ3n) is 3.40. The Balaban J connectivity index is 1.65. The van der Waals surface area contributed by atoms with Crippen LogP contribution in [0.4, 0.5) is 11.4 Å². The maximum absolute atomic E-state index is 12.3. The van der Waals surface area contributed by atoms with Crippen molar-refractivity contribution >= 4 is 33.4 Å². The van der Waals surface area contributed by atoms with Gasteiger partial charge in [-0.3, -0.25) is 9.52 Å². The van der Waals surface area contributed by atoms with Crippen LogP contribution in [0.3, 0.4) is 0 Å². The number of sulfonamides is 1. The van der Waals surface area contributed by atoms with E-state index in [2.05, 4.69) is 10.0 Å². The van der Waals surface area contributed by atoms with Crippen molar-refractivity contribution in [2.45, 2.75) is 4.90 Å². The summed E-state index contributed by atoms with van der Waals surface area (Å²) in [5, 5.41) is 2.65. The summed E-state index contributed by atoms with van der Waals surface area (Å²) in [6.45, 7) is 0. The van der Waals surface area contributed by atoms with E-state index in [4.69, 9.17) is 4.42 Å². The van der Waals surface area contributed by atoms with Crippen LogP contribution in [0.25, 0.3) is 6.08 Å². The third kappa shape index (κ3) is 4.61. The molecule has 3 aromatic rings. The molecule has 0 aliphatic carbocycles. The number of hydrogen-bond acceptors (Lipinski definition) is 4. The lowest BCUT2D eigenvalue weighted by Crippen LogP contribution is -2.13. The zero-order valence-corrected chi connectivity index (χ0v) is 14.4. The molecule has 1 amide bonds. The van der Waals surface area contributed by atoms with E-state index in [0.29, 0.717) is 17.1 Å². The molecule has 2 N–H and O–H groups in total. The van der Waals surface area contributed by atoms with E-state index in [1.807, 2.05) is 0 Å². The number of benzene rings is 2. The van der Waals surface area contributed by atoms with Gasteiger partial charge in [-0.25, -0.2) is 8.42 Å². The van der Waals surface area contributed by atoms with Crippen molar-refractivity contribution in [2.75, 3.05) is 10.0 Å². The second-order valence-electron chi connectivity index (χ2n) is 5.33. The first kappa shape index (κ1) is 17.5. The molecule has 0 unspecified atom stereocenters. The summed E-state index contributed by atoms with van der Waals surface area (Å²) in [5.41, 5.74) is 0.964. The Morgan fingerprint density at radius 1 is 0.885 bits per heavy atom. The molecule has 0 saturated carbocycles. The first-order valence-corrected chi connectivity index (χ1v) is 9.22. The predicted octanol–water partition coefficient (Wildman–Crippen LogP) is 3.73. The Labute approximate surface area is 151 Å². The Morgan fingerprint density at radius 3 is 2.27 bits per heavy atom. The fourth-order valence-corrected chi connectivity index (χ4v) is 3.22. The summed E-state index contributed by atoms with van der Waals surface area (Å²) in [6.07, 6.45) is 4.39. The van der Waals surface area contributed by atoms with Crippen molar-refractivity contribution < 1.29 is 17.6 Å². The molecule has 26 heavy (non-hydrogen) atoms. The average Bonchev–Trinajstić information content (AvgIpc) is 3.14. The van der Waals surface area contributed by atoms with Gasteiger partial charge in [-0.05, 0) is 54.6 Å². The van der Waals surface area contributed by atoms with Gasteiger partial charge in [0.2, 0.25) is 5.91 Å². The Hall–Kier alpha value is -3.32. The minimum atomic E-state index is -3.69. The molecule has 6 nitrogen and oxygen atoms in total. The molecule has 3 rings (SSSR count). The molecule has 0 bridgehead atoms. The quantitative estimate of drug-likeness (QED) is 0.649. The molecule has 0 aliphatic rings. The number of amides is 1. The number of para-hydroxylation sites is 1. The van der Waals surface area contributed by atoms with E-state index in [1.165, 1.54) is 42.7 Å². The van der Waals surface area contributed by atoms with Gasteiger partial charge in [0.1, 0.15) is 5.76 Å². The lowest BCUT2D eigenvalue weighted by Gasteiger charge is -2.09. The molecular weight excluding hydrogens is 352 g/mol. The molecule has 0 aliphatic heterocycles. The number of rotatable bonds is 6. The standard InChI is InChI=1S/C19H16N2O4S/c22-19(13-10-17-7-4-14-25-17)20-15-8-11-18(12-9-15)26(23,24)21-16-5-2-1-3-6-16/h1-14,21H,(H,20,22). The molecule has 1 heterocycles. The van der Waals surface area contributed by atoms with Crippen LogP contribution in [0.5, 0.6) is 0 Å². The Bertz CT molecular complexity index is 993. The van der Waals surface area contributed by atoms with Gasteiger partial charge in [-0.15, -0.1) is 0 Å². The maximum atomic E-state index is 12.3. The summed E-state index contributed by atoms with van der Waals surface area (Å²) < 4.78 is 32.3. The van der Waals surface area contributed by atoms with Gasteiger partial charge >= 0.3 is 0 Å². The zero-order valence-electron chi connectivity index (χ0n) is 13.6. The molecule has 0 radical (unpaired) electrons. The molecule has 0 saturated heterocycles. The SMILES string of the molecule is O=C(C=Cc1ccco1)Nc1ccc(S(=O)(=O)Nc2ccccc2)cc1. The summed E-state index contributed by atoms with van der Waals surface area (Å²) in [7, 11) is -3.69. The number of furan rings is 1. The number of carbonyl (C=O) groups is 1. The number of hydrogen-bond donors (Lipinski definition) is 2. The highest BCUT2D eigenvalue weighted by atomic mass is 32.2. The van der Waals surface area contributed by atoms with Crippen molar-refractivity contribution in [3.8, 4) is 0 Å². The third-order valence-corrected chi connectivity index (χ3v) is 4.80. The van der Waals surface area contributed by atoms with Crippen LogP contribution >= 0.6 is 0 Å². The van der Waals surface area contributed by atoms with E-state index >= 15 is 0 Å². The lowest BCUT2D eigenvalue weighted by molar-refractivity contribution is -0.111. The van der Waals surface area contributed by atoms with Gasteiger partial charge in [0.25, 0.3) is 10.0 Å². The number of nitrogens with one attached hydrogen (secondary N) is 2. The van der Waals surface area contributed by atoms with E-state index in [1.54, 1.807) is 42.5 Å². The highest BCUT2D eigenvalue weighted by Gasteiger charge is 2.14. The van der Waals surface area contributed by atoms with Crippen LogP contribution < -0.4 is 10.0 Å². The van der Waals surface area contributed by atoms with Crippen molar-refractivity contribution in [2.24, 2.45) is 0 Å². The monoisotopic (exact) mass is 368 g/mol. The fraction of sp³-hybridized carbons (Fsp3) is 0. The van der Waals surface area contributed by atoms with Crippen molar-refractivity contribution in [3.63, 3.8) is 0 Å². The fourth-order valence-electron chi connectivity index (χ4n) is 2.17. The normalized spacial score (nSPS) is 11.4. The van der Waals surface area contributed by atoms with Gasteiger partial charge in [-0.1, -0.05) is 18.2 Å². The Morgan fingerprint density at radius 2 is 1.62 bits per heavy atom. The minimum Gasteiger partial charge on any atom is -0.465 e. The highest BCUT2D eigenvalue weighted by molar-refractivity contribution is 7.92. The topological polar surface area (TPSA) is 88.4 Å². The van der Waals surface area contributed by atoms with Crippen LogP contribution in [-0.4, -0.2) is 14.3 Å². The van der Waals surface area contributed by atoms with Gasteiger partial charge in [0.15, 0.2) is 0 Å². The minimum absolute atomic E-state index is 0.102. The molecule has 7 heteroatoms. The lowest BCUT2D eigenvalue weighted by atomic mass is 10.3.